The van der Waals surface area contributed by atoms with Gasteiger partial charge in [-0.15, -0.1) is 0 Å². The van der Waals surface area contributed by atoms with Crippen molar-refractivity contribution in [2.24, 2.45) is 0 Å². The van der Waals surface area contributed by atoms with Crippen LogP contribution in [0.15, 0.2) is 65.1 Å². The Morgan fingerprint density at radius 2 is 1.65 bits per heavy atom. The Bertz CT molecular complexity index is 748. The Balaban J connectivity index is 2.01. The zero-order chi connectivity index (χ0) is 13.9. The number of ether oxygens (including phenoxy) is 1. The first-order valence-corrected chi connectivity index (χ1v) is 8.19. The van der Waals surface area contributed by atoms with E-state index in [1.54, 1.807) is 0 Å². The molecule has 0 aliphatic heterocycles. The van der Waals surface area contributed by atoms with Crippen molar-refractivity contribution in [1.29, 1.82) is 0 Å². The van der Waals surface area contributed by atoms with Crippen LogP contribution in [0.2, 0.25) is 0 Å². The highest BCUT2D eigenvalue weighted by atomic mass is 79.9. The van der Waals surface area contributed by atoms with Crippen LogP contribution in [0, 0.1) is 0 Å². The largest absolute Gasteiger partial charge is 0.456 e. The smallest absolute Gasteiger partial charge is 0.141 e. The average molecular weight is 392 g/mol. The van der Waals surface area contributed by atoms with Gasteiger partial charge in [0.1, 0.15) is 11.5 Å². The molecule has 1 nitrogen and oxygen atoms in total. The summed E-state index contributed by atoms with van der Waals surface area (Å²) in [4.78, 5) is 0. The van der Waals surface area contributed by atoms with Crippen LogP contribution in [-0.4, -0.2) is 0 Å². The molecule has 0 aliphatic carbocycles. The first-order chi connectivity index (χ1) is 9.78. The highest BCUT2D eigenvalue weighted by Gasteiger charge is 2.06. The van der Waals surface area contributed by atoms with Crippen LogP contribution in [0.3, 0.4) is 0 Å². The number of hydrogen-bond donors (Lipinski definition) is 0. The molecule has 0 radical (unpaired) electrons. The number of benzene rings is 3. The van der Waals surface area contributed by atoms with Crippen molar-refractivity contribution in [2.45, 2.75) is 5.33 Å². The van der Waals surface area contributed by atoms with Gasteiger partial charge in [0, 0.05) is 10.7 Å². The fourth-order valence-corrected chi connectivity index (χ4v) is 2.97. The molecule has 0 saturated heterocycles. The van der Waals surface area contributed by atoms with Crippen LogP contribution in [0.1, 0.15) is 5.56 Å². The molecule has 0 aliphatic rings. The van der Waals surface area contributed by atoms with E-state index in [1.807, 2.05) is 30.3 Å². The van der Waals surface area contributed by atoms with E-state index in [1.165, 1.54) is 10.9 Å². The fourth-order valence-electron chi connectivity index (χ4n) is 2.11. The zero-order valence-electron chi connectivity index (χ0n) is 10.6. The summed E-state index contributed by atoms with van der Waals surface area (Å²) >= 11 is 7.02. The molecule has 0 N–H and O–H groups in total. The van der Waals surface area contributed by atoms with Crippen LogP contribution in [-0.2, 0) is 5.33 Å². The fraction of sp³-hybridized carbons (Fsp3) is 0.0588. The third-order valence-electron chi connectivity index (χ3n) is 3.12. The minimum Gasteiger partial charge on any atom is -0.456 e. The van der Waals surface area contributed by atoms with Gasteiger partial charge >= 0.3 is 0 Å². The predicted octanol–water partition coefficient (Wildman–Crippen LogP) is 6.29. The second-order valence-electron chi connectivity index (χ2n) is 4.48. The molecule has 0 fully saturated rings. The van der Waals surface area contributed by atoms with Crippen molar-refractivity contribution in [2.75, 3.05) is 0 Å². The molecule has 3 aromatic rings. The number of rotatable bonds is 3. The molecule has 0 amide bonds. The van der Waals surface area contributed by atoms with Crippen molar-refractivity contribution >= 4 is 42.6 Å². The van der Waals surface area contributed by atoms with Gasteiger partial charge in [0.05, 0.1) is 4.47 Å². The molecular formula is C17H12Br2O. The van der Waals surface area contributed by atoms with E-state index in [2.05, 4.69) is 62.2 Å². The van der Waals surface area contributed by atoms with Crippen molar-refractivity contribution in [3.05, 3.63) is 70.7 Å². The van der Waals surface area contributed by atoms with Gasteiger partial charge in [-0.05, 0) is 45.1 Å². The quantitative estimate of drug-likeness (QED) is 0.476. The molecule has 100 valence electrons. The number of fused-ring (bicyclic) bond motifs is 1. The topological polar surface area (TPSA) is 9.23 Å². The van der Waals surface area contributed by atoms with Crippen molar-refractivity contribution in [3.8, 4) is 11.5 Å². The van der Waals surface area contributed by atoms with Crippen LogP contribution in [0.5, 0.6) is 11.5 Å². The van der Waals surface area contributed by atoms with Crippen LogP contribution >= 0.6 is 31.9 Å². The molecule has 3 aromatic carbocycles. The summed E-state index contributed by atoms with van der Waals surface area (Å²) < 4.78 is 7.02. The van der Waals surface area contributed by atoms with Crippen LogP contribution < -0.4 is 4.74 Å². The molecule has 0 bridgehead atoms. The van der Waals surface area contributed by atoms with Crippen LogP contribution in [0.4, 0.5) is 0 Å². The van der Waals surface area contributed by atoms with E-state index in [4.69, 9.17) is 4.74 Å². The van der Waals surface area contributed by atoms with Gasteiger partial charge in [-0.2, -0.15) is 0 Å². The molecule has 0 heterocycles. The summed E-state index contributed by atoms with van der Waals surface area (Å²) in [5.74, 6) is 1.70. The molecule has 0 unspecified atom stereocenters. The van der Waals surface area contributed by atoms with Crippen molar-refractivity contribution in [1.82, 2.24) is 0 Å². The highest BCUT2D eigenvalue weighted by molar-refractivity contribution is 9.10. The Morgan fingerprint density at radius 1 is 0.850 bits per heavy atom. The number of hydrogen-bond acceptors (Lipinski definition) is 1. The highest BCUT2D eigenvalue weighted by Crippen LogP contribution is 2.34. The minimum atomic E-state index is 0.825. The van der Waals surface area contributed by atoms with Gasteiger partial charge in [-0.1, -0.05) is 58.4 Å². The molecule has 0 aromatic heterocycles. The minimum absolute atomic E-state index is 0.825. The van der Waals surface area contributed by atoms with E-state index in [0.29, 0.717) is 0 Å². The van der Waals surface area contributed by atoms with Gasteiger partial charge in [-0.25, -0.2) is 0 Å². The average Bonchev–Trinajstić information content (AvgIpc) is 2.49. The van der Waals surface area contributed by atoms with E-state index in [-0.39, 0.29) is 0 Å². The maximum atomic E-state index is 6.06. The molecule has 3 heteroatoms. The molecule has 0 atom stereocenters. The summed E-state index contributed by atoms with van der Waals surface area (Å²) in [6.45, 7) is 0. The lowest BCUT2D eigenvalue weighted by Gasteiger charge is -2.11. The maximum absolute atomic E-state index is 6.06. The lowest BCUT2D eigenvalue weighted by molar-refractivity contribution is 0.485. The third-order valence-corrected chi connectivity index (χ3v) is 4.39. The Labute approximate surface area is 134 Å². The number of alkyl halides is 1. The summed E-state index contributed by atoms with van der Waals surface area (Å²) in [5, 5.41) is 3.13. The van der Waals surface area contributed by atoms with E-state index >= 15 is 0 Å². The second-order valence-corrected chi connectivity index (χ2v) is 5.89. The normalized spacial score (nSPS) is 10.7. The van der Waals surface area contributed by atoms with Gasteiger partial charge in [0.25, 0.3) is 0 Å². The molecule has 20 heavy (non-hydrogen) atoms. The molecular weight excluding hydrogens is 380 g/mol. The Morgan fingerprint density at radius 3 is 2.45 bits per heavy atom. The first-order valence-electron chi connectivity index (χ1n) is 6.28. The Kier molecular flexibility index (Phi) is 4.08. The van der Waals surface area contributed by atoms with E-state index in [9.17, 15) is 0 Å². The molecule has 0 saturated carbocycles. The van der Waals surface area contributed by atoms with Gasteiger partial charge in [0.15, 0.2) is 0 Å². The second kappa shape index (κ2) is 5.98. The number of halogens is 2. The van der Waals surface area contributed by atoms with Crippen LogP contribution in [0.25, 0.3) is 10.8 Å². The summed E-state index contributed by atoms with van der Waals surface area (Å²) in [6, 6.07) is 20.4. The SMILES string of the molecule is BrCc1ccc(Oc2cccc3ccccc23)c(Br)c1. The first kappa shape index (κ1) is 13.7. The molecule has 3 rings (SSSR count). The lowest BCUT2D eigenvalue weighted by Crippen LogP contribution is -1.88. The van der Waals surface area contributed by atoms with Crippen molar-refractivity contribution in [3.63, 3.8) is 0 Å². The third kappa shape index (κ3) is 2.74. The summed E-state index contributed by atoms with van der Waals surface area (Å²) in [6.07, 6.45) is 0. The van der Waals surface area contributed by atoms with Crippen molar-refractivity contribution < 1.29 is 4.74 Å². The van der Waals surface area contributed by atoms with E-state index < -0.39 is 0 Å². The Hall–Kier alpha value is -1.32. The molecule has 0 spiro atoms. The van der Waals surface area contributed by atoms with Gasteiger partial charge in [0.2, 0.25) is 0 Å². The van der Waals surface area contributed by atoms with E-state index in [0.717, 1.165) is 26.7 Å². The lowest BCUT2D eigenvalue weighted by atomic mass is 10.1. The maximum Gasteiger partial charge on any atom is 0.141 e. The standard InChI is InChI=1S/C17H12Br2O/c18-11-12-8-9-17(15(19)10-12)20-16-7-3-5-13-4-1-2-6-14(13)16/h1-10H,11H2. The summed E-state index contributed by atoms with van der Waals surface area (Å²) in [7, 11) is 0. The zero-order valence-corrected chi connectivity index (χ0v) is 13.8. The summed E-state index contributed by atoms with van der Waals surface area (Å²) in [5.41, 5.74) is 1.21. The van der Waals surface area contributed by atoms with Gasteiger partial charge < -0.3 is 4.74 Å². The van der Waals surface area contributed by atoms with Gasteiger partial charge in [-0.3, -0.25) is 0 Å². The monoisotopic (exact) mass is 390 g/mol. The predicted molar refractivity (Wildman–Crippen MR) is 90.8 cm³/mol.